The third-order valence-electron chi connectivity index (χ3n) is 6.24. The molecule has 2 fully saturated rings. The standard InChI is InChI=1S/C24H29N3O3/c28-23(18-7-3-1-4-8-18)25-21-17-19(24(29)30)9-10-22(21)27-15-11-20(12-16-27)26-13-5-2-6-14-26/h1,3-4,7-10,17,20H,2,5-6,11-16H2,(H,25,28)(H,29,30). The van der Waals surface area contributed by atoms with E-state index >= 15 is 0 Å². The summed E-state index contributed by atoms with van der Waals surface area (Å²) in [4.78, 5) is 29.1. The van der Waals surface area contributed by atoms with E-state index in [-0.39, 0.29) is 11.5 Å². The van der Waals surface area contributed by atoms with Gasteiger partial charge in [-0.2, -0.15) is 0 Å². The van der Waals surface area contributed by atoms with Gasteiger partial charge in [0.25, 0.3) is 5.91 Å². The molecule has 2 N–H and O–H groups in total. The predicted octanol–water partition coefficient (Wildman–Crippen LogP) is 4.09. The minimum atomic E-state index is -0.999. The Morgan fingerprint density at radius 2 is 1.57 bits per heavy atom. The van der Waals surface area contributed by atoms with Crippen LogP contribution >= 0.6 is 0 Å². The highest BCUT2D eigenvalue weighted by molar-refractivity contribution is 6.06. The third kappa shape index (κ3) is 4.65. The Kier molecular flexibility index (Phi) is 6.33. The molecule has 0 spiro atoms. The van der Waals surface area contributed by atoms with E-state index in [0.717, 1.165) is 31.6 Å². The van der Waals surface area contributed by atoms with E-state index in [1.807, 2.05) is 24.3 Å². The number of amides is 1. The summed E-state index contributed by atoms with van der Waals surface area (Å²) in [5.41, 5.74) is 2.17. The lowest BCUT2D eigenvalue weighted by atomic mass is 9.99. The highest BCUT2D eigenvalue weighted by Crippen LogP contribution is 2.31. The molecule has 0 bridgehead atoms. The summed E-state index contributed by atoms with van der Waals surface area (Å²) < 4.78 is 0. The number of rotatable bonds is 5. The van der Waals surface area contributed by atoms with Crippen molar-refractivity contribution in [3.05, 3.63) is 59.7 Å². The maximum Gasteiger partial charge on any atom is 0.335 e. The van der Waals surface area contributed by atoms with Crippen LogP contribution in [0, 0.1) is 0 Å². The Morgan fingerprint density at radius 3 is 2.23 bits per heavy atom. The van der Waals surface area contributed by atoms with Crippen molar-refractivity contribution < 1.29 is 14.7 Å². The average molecular weight is 408 g/mol. The van der Waals surface area contributed by atoms with Gasteiger partial charge in [0.1, 0.15) is 0 Å². The van der Waals surface area contributed by atoms with E-state index < -0.39 is 5.97 Å². The van der Waals surface area contributed by atoms with Gasteiger partial charge in [0.05, 0.1) is 16.9 Å². The summed E-state index contributed by atoms with van der Waals surface area (Å²) in [6, 6.07) is 14.6. The summed E-state index contributed by atoms with van der Waals surface area (Å²) in [6.45, 7) is 4.22. The van der Waals surface area contributed by atoms with Gasteiger partial charge in [-0.25, -0.2) is 4.79 Å². The minimum Gasteiger partial charge on any atom is -0.478 e. The van der Waals surface area contributed by atoms with Crippen LogP contribution in [0.4, 0.5) is 11.4 Å². The largest absolute Gasteiger partial charge is 0.478 e. The Morgan fingerprint density at radius 1 is 0.867 bits per heavy atom. The van der Waals surface area contributed by atoms with Crippen LogP contribution < -0.4 is 10.2 Å². The van der Waals surface area contributed by atoms with Crippen molar-refractivity contribution in [2.24, 2.45) is 0 Å². The van der Waals surface area contributed by atoms with Gasteiger partial charge in [0.2, 0.25) is 0 Å². The van der Waals surface area contributed by atoms with Gasteiger partial charge in [-0.3, -0.25) is 4.79 Å². The van der Waals surface area contributed by atoms with E-state index in [9.17, 15) is 14.7 Å². The smallest absolute Gasteiger partial charge is 0.335 e. The van der Waals surface area contributed by atoms with Gasteiger partial charge in [-0.15, -0.1) is 0 Å². The van der Waals surface area contributed by atoms with Crippen LogP contribution in [0.1, 0.15) is 52.8 Å². The second-order valence-electron chi connectivity index (χ2n) is 8.17. The number of nitrogens with zero attached hydrogens (tertiary/aromatic N) is 2. The van der Waals surface area contributed by atoms with Crippen LogP contribution in [-0.4, -0.2) is 54.1 Å². The number of carboxylic acid groups (broad SMARTS) is 1. The molecule has 0 atom stereocenters. The second-order valence-corrected chi connectivity index (χ2v) is 8.17. The van der Waals surface area contributed by atoms with E-state index in [1.165, 1.54) is 32.4 Å². The molecule has 2 aromatic rings. The highest BCUT2D eigenvalue weighted by Gasteiger charge is 2.27. The van der Waals surface area contributed by atoms with Crippen LogP contribution in [0.5, 0.6) is 0 Å². The number of likely N-dealkylation sites (tertiary alicyclic amines) is 1. The maximum atomic E-state index is 12.7. The zero-order chi connectivity index (χ0) is 20.9. The first kappa shape index (κ1) is 20.4. The van der Waals surface area contributed by atoms with E-state index in [0.29, 0.717) is 17.3 Å². The molecule has 2 aromatic carbocycles. The zero-order valence-corrected chi connectivity index (χ0v) is 17.2. The Hall–Kier alpha value is -2.86. The molecule has 2 heterocycles. The van der Waals surface area contributed by atoms with Crippen LogP contribution in [0.15, 0.2) is 48.5 Å². The van der Waals surface area contributed by atoms with Crippen molar-refractivity contribution >= 4 is 23.3 Å². The predicted molar refractivity (Wildman–Crippen MR) is 118 cm³/mol. The molecule has 30 heavy (non-hydrogen) atoms. The topological polar surface area (TPSA) is 72.9 Å². The van der Waals surface area contributed by atoms with E-state index in [2.05, 4.69) is 15.1 Å². The maximum absolute atomic E-state index is 12.7. The first-order valence-corrected chi connectivity index (χ1v) is 10.8. The van der Waals surface area contributed by atoms with Crippen LogP contribution in [0.3, 0.4) is 0 Å². The monoisotopic (exact) mass is 407 g/mol. The van der Waals surface area contributed by atoms with Crippen molar-refractivity contribution in [2.45, 2.75) is 38.1 Å². The number of aromatic carboxylic acids is 1. The molecule has 0 unspecified atom stereocenters. The lowest BCUT2D eigenvalue weighted by molar-refractivity contribution is 0.0696. The molecule has 2 saturated heterocycles. The highest BCUT2D eigenvalue weighted by atomic mass is 16.4. The van der Waals surface area contributed by atoms with Crippen molar-refractivity contribution in [2.75, 3.05) is 36.4 Å². The van der Waals surface area contributed by atoms with Crippen LogP contribution in [-0.2, 0) is 0 Å². The van der Waals surface area contributed by atoms with Crippen molar-refractivity contribution in [1.82, 2.24) is 4.90 Å². The van der Waals surface area contributed by atoms with Gasteiger partial charge >= 0.3 is 5.97 Å². The summed E-state index contributed by atoms with van der Waals surface area (Å²) >= 11 is 0. The van der Waals surface area contributed by atoms with Crippen molar-refractivity contribution in [3.63, 3.8) is 0 Å². The van der Waals surface area contributed by atoms with Gasteiger partial charge in [0, 0.05) is 24.7 Å². The fraction of sp³-hybridized carbons (Fsp3) is 0.417. The number of hydrogen-bond donors (Lipinski definition) is 2. The van der Waals surface area contributed by atoms with Gasteiger partial charge in [-0.05, 0) is 69.1 Å². The normalized spacial score (nSPS) is 18.2. The molecule has 2 aliphatic heterocycles. The number of benzene rings is 2. The number of nitrogens with one attached hydrogen (secondary N) is 1. The Bertz CT molecular complexity index is 886. The first-order chi connectivity index (χ1) is 14.6. The molecule has 0 saturated carbocycles. The van der Waals surface area contributed by atoms with Crippen LogP contribution in [0.2, 0.25) is 0 Å². The third-order valence-corrected chi connectivity index (χ3v) is 6.24. The molecular formula is C24H29N3O3. The van der Waals surface area contributed by atoms with Crippen molar-refractivity contribution in [1.29, 1.82) is 0 Å². The quantitative estimate of drug-likeness (QED) is 0.781. The number of hydrogen-bond acceptors (Lipinski definition) is 4. The summed E-state index contributed by atoms with van der Waals surface area (Å²) in [5, 5.41) is 12.3. The number of carbonyl (C=O) groups is 2. The minimum absolute atomic E-state index is 0.172. The molecule has 6 nitrogen and oxygen atoms in total. The number of carboxylic acids is 1. The Balaban J connectivity index is 1.51. The Labute approximate surface area is 177 Å². The molecular weight excluding hydrogens is 378 g/mol. The number of carbonyl (C=O) groups excluding carboxylic acids is 1. The molecule has 4 rings (SSSR count). The molecule has 0 radical (unpaired) electrons. The summed E-state index contributed by atoms with van der Waals surface area (Å²) in [5.74, 6) is -1.23. The fourth-order valence-corrected chi connectivity index (χ4v) is 4.58. The fourth-order valence-electron chi connectivity index (χ4n) is 4.58. The summed E-state index contributed by atoms with van der Waals surface area (Å²) in [6.07, 6.45) is 6.12. The van der Waals surface area contributed by atoms with E-state index in [1.54, 1.807) is 24.3 Å². The van der Waals surface area contributed by atoms with Crippen molar-refractivity contribution in [3.8, 4) is 0 Å². The average Bonchev–Trinajstić information content (AvgIpc) is 2.80. The molecule has 1 amide bonds. The molecule has 2 aliphatic rings. The molecule has 0 aromatic heterocycles. The van der Waals surface area contributed by atoms with Gasteiger partial charge < -0.3 is 20.2 Å². The molecule has 6 heteroatoms. The number of anilines is 2. The van der Waals surface area contributed by atoms with Gasteiger partial charge in [-0.1, -0.05) is 24.6 Å². The summed E-state index contributed by atoms with van der Waals surface area (Å²) in [7, 11) is 0. The second kappa shape index (κ2) is 9.30. The van der Waals surface area contributed by atoms with Crippen LogP contribution in [0.25, 0.3) is 0 Å². The number of piperidine rings is 2. The SMILES string of the molecule is O=C(O)c1ccc(N2CCC(N3CCCCC3)CC2)c(NC(=O)c2ccccc2)c1. The first-order valence-electron chi connectivity index (χ1n) is 10.8. The van der Waals surface area contributed by atoms with Gasteiger partial charge in [0.15, 0.2) is 0 Å². The lowest BCUT2D eigenvalue weighted by Gasteiger charge is -2.41. The molecule has 0 aliphatic carbocycles. The molecule has 158 valence electrons. The lowest BCUT2D eigenvalue weighted by Crippen LogP contribution is -2.46. The zero-order valence-electron chi connectivity index (χ0n) is 17.2. The van der Waals surface area contributed by atoms with E-state index in [4.69, 9.17) is 0 Å².